The minimum Gasteiger partial charge on any atom is -0.370 e. The fraction of sp³-hybridized carbons (Fsp3) is 0.562. The summed E-state index contributed by atoms with van der Waals surface area (Å²) in [6.07, 6.45) is 3.27. The van der Waals surface area contributed by atoms with E-state index in [-0.39, 0.29) is 18.0 Å². The van der Waals surface area contributed by atoms with Crippen molar-refractivity contribution in [3.8, 4) is 0 Å². The number of hydrogen-bond acceptors (Lipinski definition) is 3. The first-order valence-corrected chi connectivity index (χ1v) is 7.47. The maximum Gasteiger partial charge on any atom is 0.237 e. The van der Waals surface area contributed by atoms with Crippen molar-refractivity contribution in [3.05, 3.63) is 30.3 Å². The third kappa shape index (κ3) is 3.97. The van der Waals surface area contributed by atoms with Gasteiger partial charge in [-0.15, -0.1) is 0 Å². The van der Waals surface area contributed by atoms with Gasteiger partial charge in [0.1, 0.15) is 0 Å². The van der Waals surface area contributed by atoms with Crippen LogP contribution in [0.3, 0.4) is 0 Å². The highest BCUT2D eigenvalue weighted by atomic mass is 16.2. The number of benzene rings is 1. The van der Waals surface area contributed by atoms with Crippen LogP contribution in [0.4, 0.5) is 5.69 Å². The molecule has 0 radical (unpaired) electrons. The Kier molecular flexibility index (Phi) is 5.41. The van der Waals surface area contributed by atoms with Crippen molar-refractivity contribution in [1.82, 2.24) is 10.6 Å². The predicted molar refractivity (Wildman–Crippen MR) is 83.0 cm³/mol. The van der Waals surface area contributed by atoms with Crippen molar-refractivity contribution < 1.29 is 4.79 Å². The molecule has 1 saturated heterocycles. The van der Waals surface area contributed by atoms with E-state index in [2.05, 4.69) is 41.6 Å². The molecule has 20 heavy (non-hydrogen) atoms. The Balaban J connectivity index is 1.79. The van der Waals surface area contributed by atoms with Crippen LogP contribution in [0.15, 0.2) is 30.3 Å². The molecule has 4 nitrogen and oxygen atoms in total. The number of carbonyl (C=O) groups is 1. The van der Waals surface area contributed by atoms with E-state index >= 15 is 0 Å². The van der Waals surface area contributed by atoms with E-state index in [1.165, 1.54) is 12.1 Å². The minimum absolute atomic E-state index is 0.00187. The maximum atomic E-state index is 12.1. The van der Waals surface area contributed by atoms with Crippen molar-refractivity contribution in [1.29, 1.82) is 0 Å². The molecular weight excluding hydrogens is 250 g/mol. The summed E-state index contributed by atoms with van der Waals surface area (Å²) in [6.45, 7) is 3.75. The maximum absolute atomic E-state index is 12.1. The molecular formula is C16H25N3O. The molecule has 1 amide bonds. The van der Waals surface area contributed by atoms with Gasteiger partial charge in [-0.1, -0.05) is 24.6 Å². The first kappa shape index (κ1) is 14.9. The fourth-order valence-corrected chi connectivity index (χ4v) is 2.50. The summed E-state index contributed by atoms with van der Waals surface area (Å²) in [6, 6.07) is 10.5. The standard InChI is InChI=1S/C16H25N3O/c1-13(19(2)14-8-4-3-5-9-14)12-18-16(20)15-10-6-7-11-17-15/h3-5,8-9,13,15,17H,6-7,10-12H2,1-2H3,(H,18,20). The zero-order valence-electron chi connectivity index (χ0n) is 12.4. The molecule has 1 aromatic rings. The molecule has 1 heterocycles. The number of likely N-dealkylation sites (N-methyl/N-ethyl adjacent to an activating group) is 1. The summed E-state index contributed by atoms with van der Waals surface area (Å²) in [5.74, 6) is 0.137. The van der Waals surface area contributed by atoms with E-state index in [0.29, 0.717) is 6.54 Å². The molecule has 1 aromatic carbocycles. The van der Waals surface area contributed by atoms with E-state index < -0.39 is 0 Å². The van der Waals surface area contributed by atoms with Crippen molar-refractivity contribution in [2.24, 2.45) is 0 Å². The molecule has 110 valence electrons. The molecule has 1 aliphatic heterocycles. The molecule has 2 N–H and O–H groups in total. The number of anilines is 1. The lowest BCUT2D eigenvalue weighted by atomic mass is 10.0. The van der Waals surface area contributed by atoms with Gasteiger partial charge in [0.15, 0.2) is 0 Å². The van der Waals surface area contributed by atoms with E-state index in [1.807, 2.05) is 18.2 Å². The second-order valence-corrected chi connectivity index (χ2v) is 5.54. The quantitative estimate of drug-likeness (QED) is 0.861. The van der Waals surface area contributed by atoms with Gasteiger partial charge in [-0.05, 0) is 38.4 Å². The van der Waals surface area contributed by atoms with Crippen molar-refractivity contribution in [3.63, 3.8) is 0 Å². The highest BCUT2D eigenvalue weighted by molar-refractivity contribution is 5.81. The van der Waals surface area contributed by atoms with Gasteiger partial charge in [-0.3, -0.25) is 4.79 Å². The molecule has 0 aliphatic carbocycles. The van der Waals surface area contributed by atoms with Crippen LogP contribution >= 0.6 is 0 Å². The first-order chi connectivity index (χ1) is 9.68. The molecule has 2 atom stereocenters. The summed E-state index contributed by atoms with van der Waals surface area (Å²) in [7, 11) is 2.06. The van der Waals surface area contributed by atoms with E-state index in [9.17, 15) is 4.79 Å². The second-order valence-electron chi connectivity index (χ2n) is 5.54. The van der Waals surface area contributed by atoms with Gasteiger partial charge >= 0.3 is 0 Å². The van der Waals surface area contributed by atoms with Crippen LogP contribution in [0.1, 0.15) is 26.2 Å². The van der Waals surface area contributed by atoms with E-state index in [0.717, 1.165) is 19.4 Å². The zero-order chi connectivity index (χ0) is 14.4. The number of piperidine rings is 1. The summed E-state index contributed by atoms with van der Waals surface area (Å²) in [5.41, 5.74) is 1.17. The largest absolute Gasteiger partial charge is 0.370 e. The third-order valence-corrected chi connectivity index (χ3v) is 4.02. The van der Waals surface area contributed by atoms with Crippen LogP contribution in [0.25, 0.3) is 0 Å². The highest BCUT2D eigenvalue weighted by Gasteiger charge is 2.21. The molecule has 4 heteroatoms. The van der Waals surface area contributed by atoms with Crippen LogP contribution in [-0.2, 0) is 4.79 Å². The zero-order valence-corrected chi connectivity index (χ0v) is 12.4. The highest BCUT2D eigenvalue weighted by Crippen LogP contribution is 2.13. The lowest BCUT2D eigenvalue weighted by Crippen LogP contribution is -2.49. The van der Waals surface area contributed by atoms with Crippen LogP contribution < -0.4 is 15.5 Å². The van der Waals surface area contributed by atoms with E-state index in [1.54, 1.807) is 0 Å². The van der Waals surface area contributed by atoms with Gasteiger partial charge in [-0.2, -0.15) is 0 Å². The number of amides is 1. The number of carbonyl (C=O) groups excluding carboxylic acids is 1. The van der Waals surface area contributed by atoms with Crippen molar-refractivity contribution >= 4 is 11.6 Å². The van der Waals surface area contributed by atoms with Gasteiger partial charge in [-0.25, -0.2) is 0 Å². The Labute approximate surface area is 121 Å². The monoisotopic (exact) mass is 275 g/mol. The Bertz CT molecular complexity index is 415. The van der Waals surface area contributed by atoms with Gasteiger partial charge in [0.25, 0.3) is 0 Å². The predicted octanol–water partition coefficient (Wildman–Crippen LogP) is 1.77. The Morgan fingerprint density at radius 1 is 1.40 bits per heavy atom. The first-order valence-electron chi connectivity index (χ1n) is 7.47. The number of nitrogens with one attached hydrogen (secondary N) is 2. The lowest BCUT2D eigenvalue weighted by molar-refractivity contribution is -0.123. The van der Waals surface area contributed by atoms with Crippen LogP contribution in [0.5, 0.6) is 0 Å². The van der Waals surface area contributed by atoms with Crippen LogP contribution in [0.2, 0.25) is 0 Å². The van der Waals surface area contributed by atoms with Crippen LogP contribution in [0, 0.1) is 0 Å². The minimum atomic E-state index is -0.00187. The summed E-state index contributed by atoms with van der Waals surface area (Å²) in [5, 5.41) is 6.34. The molecule has 0 aromatic heterocycles. The second kappa shape index (κ2) is 7.29. The molecule has 2 rings (SSSR count). The molecule has 1 aliphatic rings. The lowest BCUT2D eigenvalue weighted by Gasteiger charge is -2.28. The van der Waals surface area contributed by atoms with Crippen LogP contribution in [-0.4, -0.2) is 38.1 Å². The Hall–Kier alpha value is -1.55. The van der Waals surface area contributed by atoms with Gasteiger partial charge in [0, 0.05) is 25.3 Å². The summed E-state index contributed by atoms with van der Waals surface area (Å²) >= 11 is 0. The number of para-hydroxylation sites is 1. The van der Waals surface area contributed by atoms with E-state index in [4.69, 9.17) is 0 Å². The van der Waals surface area contributed by atoms with Gasteiger partial charge in [0.2, 0.25) is 5.91 Å². The normalized spacial score (nSPS) is 20.2. The van der Waals surface area contributed by atoms with Gasteiger partial charge in [0.05, 0.1) is 6.04 Å². The van der Waals surface area contributed by atoms with Crippen molar-refractivity contribution in [2.45, 2.75) is 38.3 Å². The summed E-state index contributed by atoms with van der Waals surface area (Å²) < 4.78 is 0. The molecule has 0 spiro atoms. The smallest absolute Gasteiger partial charge is 0.237 e. The fourth-order valence-electron chi connectivity index (χ4n) is 2.50. The Morgan fingerprint density at radius 3 is 2.80 bits per heavy atom. The number of hydrogen-bond donors (Lipinski definition) is 2. The third-order valence-electron chi connectivity index (χ3n) is 4.02. The topological polar surface area (TPSA) is 44.4 Å². The SMILES string of the molecule is CC(CNC(=O)C1CCCCN1)N(C)c1ccccc1. The summed E-state index contributed by atoms with van der Waals surface area (Å²) in [4.78, 5) is 14.3. The number of nitrogens with zero attached hydrogens (tertiary/aromatic N) is 1. The molecule has 2 unspecified atom stereocenters. The van der Waals surface area contributed by atoms with Crippen molar-refractivity contribution in [2.75, 3.05) is 25.0 Å². The average molecular weight is 275 g/mol. The average Bonchev–Trinajstić information content (AvgIpc) is 2.53. The molecule has 0 bridgehead atoms. The Morgan fingerprint density at radius 2 is 2.15 bits per heavy atom. The molecule has 1 fully saturated rings. The molecule has 0 saturated carbocycles. The van der Waals surface area contributed by atoms with Gasteiger partial charge < -0.3 is 15.5 Å². The number of rotatable bonds is 5.